The molecule has 0 atom stereocenters. The molecule has 2 heterocycles. The van der Waals surface area contributed by atoms with Gasteiger partial charge in [0.25, 0.3) is 0 Å². The largest absolute Gasteiger partial charge is 0.443 e. The number of rotatable bonds is 2. The van der Waals surface area contributed by atoms with Crippen molar-refractivity contribution in [1.82, 2.24) is 20.1 Å². The Morgan fingerprint density at radius 3 is 2.65 bits per heavy atom. The highest BCUT2D eigenvalue weighted by molar-refractivity contribution is 5.81. The molecule has 1 aliphatic rings. The monoisotopic (exact) mass is 358 g/mol. The molecule has 0 bridgehead atoms. The third kappa shape index (κ3) is 4.53. The van der Waals surface area contributed by atoms with Crippen LogP contribution in [0.2, 0.25) is 0 Å². The van der Waals surface area contributed by atoms with Gasteiger partial charge < -0.3 is 19.5 Å². The zero-order valence-corrected chi connectivity index (χ0v) is 15.6. The fourth-order valence-corrected chi connectivity index (χ4v) is 3.07. The fraction of sp³-hybridized carbons (Fsp3) is 0.526. The molecule has 0 unspecified atom stereocenters. The Morgan fingerprint density at radius 1 is 1.15 bits per heavy atom. The summed E-state index contributed by atoms with van der Waals surface area (Å²) in [6, 6.07) is 5.57. The van der Waals surface area contributed by atoms with Gasteiger partial charge in [-0.2, -0.15) is 0 Å². The summed E-state index contributed by atoms with van der Waals surface area (Å²) in [6.07, 6.45) is 2.51. The normalized spacial score (nSPS) is 15.8. The zero-order chi connectivity index (χ0) is 18.7. The Hall–Kier alpha value is -2.57. The molecule has 1 aliphatic heterocycles. The number of fused-ring (bicyclic) bond motifs is 1. The number of benzene rings is 1. The van der Waals surface area contributed by atoms with Crippen LogP contribution in [0, 0.1) is 0 Å². The van der Waals surface area contributed by atoms with E-state index in [0.717, 1.165) is 17.5 Å². The van der Waals surface area contributed by atoms with E-state index in [1.807, 2.05) is 43.9 Å². The minimum atomic E-state index is -0.266. The number of oxazole rings is 1. The van der Waals surface area contributed by atoms with Crippen LogP contribution in [-0.2, 0) is 11.2 Å². The van der Waals surface area contributed by atoms with Gasteiger partial charge in [-0.05, 0) is 44.9 Å². The van der Waals surface area contributed by atoms with Crippen molar-refractivity contribution < 1.29 is 14.0 Å². The Bertz CT molecular complexity index is 793. The second kappa shape index (κ2) is 7.35. The number of amides is 3. The van der Waals surface area contributed by atoms with Gasteiger partial charge in [0, 0.05) is 31.7 Å². The molecule has 0 saturated carbocycles. The second-order valence-corrected chi connectivity index (χ2v) is 7.73. The SMILES string of the molecule is CC(C)(C)NC(=O)N1CCCN(C(=O)Cc2ccc3ncoc3c2)CC1. The van der Waals surface area contributed by atoms with Crippen molar-refractivity contribution in [3.63, 3.8) is 0 Å². The first-order valence-corrected chi connectivity index (χ1v) is 8.99. The van der Waals surface area contributed by atoms with Gasteiger partial charge in [0.2, 0.25) is 5.91 Å². The predicted molar refractivity (Wildman–Crippen MR) is 98.8 cm³/mol. The van der Waals surface area contributed by atoms with Gasteiger partial charge in [-0.25, -0.2) is 9.78 Å². The summed E-state index contributed by atoms with van der Waals surface area (Å²) in [6.45, 7) is 8.33. The molecule has 0 spiro atoms. The van der Waals surface area contributed by atoms with Gasteiger partial charge in [-0.15, -0.1) is 0 Å². The van der Waals surface area contributed by atoms with Crippen molar-refractivity contribution in [2.24, 2.45) is 0 Å². The topological polar surface area (TPSA) is 78.7 Å². The van der Waals surface area contributed by atoms with Gasteiger partial charge in [-0.1, -0.05) is 6.07 Å². The molecule has 1 N–H and O–H groups in total. The molecule has 26 heavy (non-hydrogen) atoms. The van der Waals surface area contributed by atoms with E-state index in [-0.39, 0.29) is 17.5 Å². The van der Waals surface area contributed by atoms with Gasteiger partial charge in [0.15, 0.2) is 12.0 Å². The molecule has 1 saturated heterocycles. The molecule has 7 nitrogen and oxygen atoms in total. The van der Waals surface area contributed by atoms with Gasteiger partial charge in [0.05, 0.1) is 6.42 Å². The lowest BCUT2D eigenvalue weighted by atomic mass is 10.1. The van der Waals surface area contributed by atoms with Crippen LogP contribution < -0.4 is 5.32 Å². The summed E-state index contributed by atoms with van der Waals surface area (Å²) in [4.78, 5) is 32.7. The highest BCUT2D eigenvalue weighted by Crippen LogP contribution is 2.16. The van der Waals surface area contributed by atoms with Crippen LogP contribution in [0.25, 0.3) is 11.1 Å². The number of hydrogen-bond acceptors (Lipinski definition) is 4. The number of aromatic nitrogens is 1. The maximum Gasteiger partial charge on any atom is 0.317 e. The van der Waals surface area contributed by atoms with Crippen LogP contribution >= 0.6 is 0 Å². The number of nitrogens with one attached hydrogen (secondary N) is 1. The Labute approximate surface area is 153 Å². The molecule has 1 fully saturated rings. The molecule has 140 valence electrons. The highest BCUT2D eigenvalue weighted by Gasteiger charge is 2.24. The molecule has 0 aliphatic carbocycles. The molecule has 7 heteroatoms. The highest BCUT2D eigenvalue weighted by atomic mass is 16.3. The van der Waals surface area contributed by atoms with E-state index in [4.69, 9.17) is 4.42 Å². The Kier molecular flexibility index (Phi) is 5.15. The van der Waals surface area contributed by atoms with E-state index in [9.17, 15) is 9.59 Å². The van der Waals surface area contributed by atoms with Crippen molar-refractivity contribution in [3.05, 3.63) is 30.2 Å². The maximum absolute atomic E-state index is 12.7. The van der Waals surface area contributed by atoms with E-state index in [1.54, 1.807) is 4.90 Å². The van der Waals surface area contributed by atoms with Crippen molar-refractivity contribution in [2.45, 2.75) is 39.2 Å². The first kappa shape index (κ1) is 18.2. The summed E-state index contributed by atoms with van der Waals surface area (Å²) in [5.41, 5.74) is 2.12. The number of nitrogens with zero attached hydrogens (tertiary/aromatic N) is 3. The molecule has 3 amide bonds. The predicted octanol–water partition coefficient (Wildman–Crippen LogP) is 2.41. The first-order valence-electron chi connectivity index (χ1n) is 8.99. The Morgan fingerprint density at radius 2 is 1.88 bits per heavy atom. The lowest BCUT2D eigenvalue weighted by Gasteiger charge is -2.27. The molecule has 2 aromatic rings. The van der Waals surface area contributed by atoms with E-state index in [2.05, 4.69) is 10.3 Å². The molecule has 0 radical (unpaired) electrons. The fourth-order valence-electron chi connectivity index (χ4n) is 3.07. The van der Waals surface area contributed by atoms with Crippen molar-refractivity contribution in [2.75, 3.05) is 26.2 Å². The number of urea groups is 1. The van der Waals surface area contributed by atoms with Crippen molar-refractivity contribution in [3.8, 4) is 0 Å². The summed E-state index contributed by atoms with van der Waals surface area (Å²) in [5, 5.41) is 2.98. The third-order valence-electron chi connectivity index (χ3n) is 4.37. The lowest BCUT2D eigenvalue weighted by molar-refractivity contribution is -0.130. The van der Waals surface area contributed by atoms with Crippen molar-refractivity contribution >= 4 is 23.0 Å². The first-order chi connectivity index (χ1) is 12.3. The van der Waals surface area contributed by atoms with E-state index < -0.39 is 0 Å². The molecule has 3 rings (SSSR count). The number of carbonyl (C=O) groups is 2. The zero-order valence-electron chi connectivity index (χ0n) is 15.6. The smallest absolute Gasteiger partial charge is 0.317 e. The second-order valence-electron chi connectivity index (χ2n) is 7.73. The molecular weight excluding hydrogens is 332 g/mol. The molecule has 1 aromatic carbocycles. The Balaban J connectivity index is 1.57. The van der Waals surface area contributed by atoms with E-state index in [1.165, 1.54) is 6.39 Å². The average Bonchev–Trinajstić information content (AvgIpc) is 2.87. The van der Waals surface area contributed by atoms with Crippen molar-refractivity contribution in [1.29, 1.82) is 0 Å². The standard InChI is InChI=1S/C19H26N4O3/c1-19(2,3)21-18(25)23-8-4-7-22(9-10-23)17(24)12-14-5-6-15-16(11-14)26-13-20-15/h5-6,11,13H,4,7-10,12H2,1-3H3,(H,21,25). The van der Waals surface area contributed by atoms with Crippen LogP contribution in [0.1, 0.15) is 32.8 Å². The van der Waals surface area contributed by atoms with Crippen LogP contribution in [0.3, 0.4) is 0 Å². The van der Waals surface area contributed by atoms with Crippen LogP contribution in [0.5, 0.6) is 0 Å². The number of carbonyl (C=O) groups excluding carboxylic acids is 2. The average molecular weight is 358 g/mol. The van der Waals surface area contributed by atoms with E-state index >= 15 is 0 Å². The van der Waals surface area contributed by atoms with Gasteiger partial charge in [0.1, 0.15) is 5.52 Å². The summed E-state index contributed by atoms with van der Waals surface area (Å²) < 4.78 is 5.30. The quantitative estimate of drug-likeness (QED) is 0.894. The van der Waals surface area contributed by atoms with Crippen LogP contribution in [-0.4, -0.2) is 58.4 Å². The van der Waals surface area contributed by atoms with E-state index in [0.29, 0.717) is 38.2 Å². The van der Waals surface area contributed by atoms with Crippen LogP contribution in [0.4, 0.5) is 4.79 Å². The summed E-state index contributed by atoms with van der Waals surface area (Å²) >= 11 is 0. The third-order valence-corrected chi connectivity index (χ3v) is 4.37. The minimum Gasteiger partial charge on any atom is -0.443 e. The van der Waals surface area contributed by atoms with Gasteiger partial charge >= 0.3 is 6.03 Å². The minimum absolute atomic E-state index is 0.0671. The summed E-state index contributed by atoms with van der Waals surface area (Å²) in [5.74, 6) is 0.0712. The molecule has 1 aromatic heterocycles. The lowest BCUT2D eigenvalue weighted by Crippen LogP contribution is -2.49. The maximum atomic E-state index is 12.7. The summed E-state index contributed by atoms with van der Waals surface area (Å²) in [7, 11) is 0. The van der Waals surface area contributed by atoms with Gasteiger partial charge in [-0.3, -0.25) is 4.79 Å². The number of hydrogen-bond donors (Lipinski definition) is 1. The van der Waals surface area contributed by atoms with Crippen LogP contribution in [0.15, 0.2) is 29.0 Å². The molecular formula is C19H26N4O3.